The van der Waals surface area contributed by atoms with Gasteiger partial charge >= 0.3 is 6.01 Å². The van der Waals surface area contributed by atoms with E-state index in [4.69, 9.17) is 14.2 Å². The van der Waals surface area contributed by atoms with Crippen LogP contribution in [0.25, 0.3) is 22.0 Å². The number of hydrogen-bond donors (Lipinski definition) is 2. The van der Waals surface area contributed by atoms with E-state index in [1.165, 1.54) is 14.2 Å². The fourth-order valence-electron chi connectivity index (χ4n) is 4.29. The van der Waals surface area contributed by atoms with Gasteiger partial charge in [-0.2, -0.15) is 4.98 Å². The summed E-state index contributed by atoms with van der Waals surface area (Å²) in [5.41, 5.74) is 3.78. The molecule has 0 fully saturated rings. The van der Waals surface area contributed by atoms with Crippen molar-refractivity contribution < 1.29 is 24.1 Å². The number of aryl methyl sites for hydroxylation is 1. The minimum absolute atomic E-state index is 0.181. The largest absolute Gasteiger partial charge is 0.493 e. The SMILES string of the molecule is CCCOc1ccc(-c2cnc(OC)nc2OC)cc1C(=O)NC(CO)Cc1cn(C)c2ccccc12. The highest BCUT2D eigenvalue weighted by atomic mass is 16.5. The zero-order valence-electron chi connectivity index (χ0n) is 21.5. The summed E-state index contributed by atoms with van der Waals surface area (Å²) in [4.78, 5) is 21.9. The van der Waals surface area contributed by atoms with Crippen molar-refractivity contribution in [1.29, 1.82) is 0 Å². The molecule has 0 radical (unpaired) electrons. The molecule has 0 bridgehead atoms. The second-order valence-corrected chi connectivity index (χ2v) is 8.68. The Morgan fingerprint density at radius 3 is 2.70 bits per heavy atom. The minimum atomic E-state index is -0.486. The van der Waals surface area contributed by atoms with Crippen LogP contribution in [-0.4, -0.2) is 59.0 Å². The molecule has 0 saturated heterocycles. The number of aromatic nitrogens is 3. The van der Waals surface area contributed by atoms with Crippen LogP contribution in [-0.2, 0) is 13.5 Å². The lowest BCUT2D eigenvalue weighted by Crippen LogP contribution is -2.39. The maximum Gasteiger partial charge on any atom is 0.319 e. The first-order chi connectivity index (χ1) is 18.0. The van der Waals surface area contributed by atoms with E-state index < -0.39 is 6.04 Å². The fourth-order valence-corrected chi connectivity index (χ4v) is 4.29. The molecule has 2 heterocycles. The van der Waals surface area contributed by atoms with Gasteiger partial charge in [0.25, 0.3) is 5.91 Å². The summed E-state index contributed by atoms with van der Waals surface area (Å²) in [5, 5.41) is 14.2. The van der Waals surface area contributed by atoms with E-state index in [1.807, 2.05) is 55.1 Å². The van der Waals surface area contributed by atoms with E-state index in [2.05, 4.69) is 15.3 Å². The molecule has 4 rings (SSSR count). The molecule has 2 N–H and O–H groups in total. The maximum atomic E-state index is 13.5. The lowest BCUT2D eigenvalue weighted by atomic mass is 10.0. The highest BCUT2D eigenvalue weighted by molar-refractivity contribution is 5.98. The van der Waals surface area contributed by atoms with Crippen molar-refractivity contribution in [2.24, 2.45) is 7.05 Å². The zero-order valence-corrected chi connectivity index (χ0v) is 21.5. The van der Waals surface area contributed by atoms with Crippen LogP contribution < -0.4 is 19.5 Å². The van der Waals surface area contributed by atoms with Crippen molar-refractivity contribution in [2.45, 2.75) is 25.8 Å². The van der Waals surface area contributed by atoms with E-state index >= 15 is 0 Å². The highest BCUT2D eigenvalue weighted by Gasteiger charge is 2.21. The van der Waals surface area contributed by atoms with Gasteiger partial charge in [0.2, 0.25) is 5.88 Å². The standard InChI is InChI=1S/C28H32N4O5/c1-5-12-37-25-11-10-18(23-15-29-28(36-4)31-27(23)35-3)14-22(25)26(34)30-20(17-33)13-19-16-32(2)24-9-7-6-8-21(19)24/h6-11,14-16,20,33H,5,12-13,17H2,1-4H3,(H,30,34). The number of carbonyl (C=O) groups excluding carboxylic acids is 1. The molecule has 4 aromatic rings. The summed E-state index contributed by atoms with van der Waals surface area (Å²) in [6.07, 6.45) is 4.90. The predicted molar refractivity (Wildman–Crippen MR) is 141 cm³/mol. The third-order valence-electron chi connectivity index (χ3n) is 6.11. The molecule has 1 unspecified atom stereocenters. The zero-order chi connectivity index (χ0) is 26.4. The topological polar surface area (TPSA) is 108 Å². The molecule has 1 atom stereocenters. The number of ether oxygens (including phenoxy) is 3. The predicted octanol–water partition coefficient (Wildman–Crippen LogP) is 3.77. The summed E-state index contributed by atoms with van der Waals surface area (Å²) in [7, 11) is 4.97. The van der Waals surface area contributed by atoms with Crippen LogP contribution in [0.3, 0.4) is 0 Å². The molecule has 2 aromatic carbocycles. The van der Waals surface area contributed by atoms with E-state index in [1.54, 1.807) is 18.3 Å². The van der Waals surface area contributed by atoms with Crippen molar-refractivity contribution in [3.63, 3.8) is 0 Å². The van der Waals surface area contributed by atoms with Crippen molar-refractivity contribution in [2.75, 3.05) is 27.4 Å². The third kappa shape index (κ3) is 5.67. The summed E-state index contributed by atoms with van der Waals surface area (Å²) in [6.45, 7) is 2.26. The van der Waals surface area contributed by atoms with Crippen molar-refractivity contribution >= 4 is 16.8 Å². The molecule has 194 valence electrons. The number of methoxy groups -OCH3 is 2. The molecular weight excluding hydrogens is 472 g/mol. The Kier molecular flexibility index (Phi) is 8.25. The van der Waals surface area contributed by atoms with Gasteiger partial charge < -0.3 is 29.2 Å². The Labute approximate surface area is 216 Å². The summed E-state index contributed by atoms with van der Waals surface area (Å²) in [5.74, 6) is 0.434. The van der Waals surface area contributed by atoms with Crippen LogP contribution >= 0.6 is 0 Å². The fraction of sp³-hybridized carbons (Fsp3) is 0.321. The molecule has 0 aliphatic carbocycles. The van der Waals surface area contributed by atoms with Crippen LogP contribution in [0.1, 0.15) is 29.3 Å². The number of para-hydroxylation sites is 1. The van der Waals surface area contributed by atoms with Crippen molar-refractivity contribution in [1.82, 2.24) is 19.9 Å². The quantitative estimate of drug-likeness (QED) is 0.320. The number of benzene rings is 2. The van der Waals surface area contributed by atoms with E-state index in [9.17, 15) is 9.90 Å². The van der Waals surface area contributed by atoms with E-state index in [0.717, 1.165) is 22.9 Å². The molecule has 9 heteroatoms. The number of amides is 1. The molecule has 0 aliphatic heterocycles. The molecule has 2 aromatic heterocycles. The second-order valence-electron chi connectivity index (χ2n) is 8.68. The molecule has 0 spiro atoms. The van der Waals surface area contributed by atoms with Crippen LogP contribution in [0, 0.1) is 0 Å². The van der Waals surface area contributed by atoms with E-state index in [-0.39, 0.29) is 18.5 Å². The smallest absolute Gasteiger partial charge is 0.319 e. The number of rotatable bonds is 11. The molecule has 9 nitrogen and oxygen atoms in total. The number of hydrogen-bond acceptors (Lipinski definition) is 7. The average Bonchev–Trinajstić information content (AvgIpc) is 3.25. The van der Waals surface area contributed by atoms with Gasteiger partial charge in [0, 0.05) is 30.3 Å². The maximum absolute atomic E-state index is 13.5. The first-order valence-electron chi connectivity index (χ1n) is 12.2. The number of nitrogens with one attached hydrogen (secondary N) is 1. The Hall–Kier alpha value is -4.11. The molecular formula is C28H32N4O5. The number of aliphatic hydroxyl groups is 1. The Morgan fingerprint density at radius 2 is 1.97 bits per heavy atom. The van der Waals surface area contributed by atoms with Crippen LogP contribution in [0.2, 0.25) is 0 Å². The monoisotopic (exact) mass is 504 g/mol. The van der Waals surface area contributed by atoms with E-state index in [0.29, 0.717) is 41.3 Å². The first-order valence-corrected chi connectivity index (χ1v) is 12.2. The number of aliphatic hydroxyl groups excluding tert-OH is 1. The third-order valence-corrected chi connectivity index (χ3v) is 6.11. The Bertz CT molecular complexity index is 1380. The Morgan fingerprint density at radius 1 is 1.16 bits per heavy atom. The van der Waals surface area contributed by atoms with Crippen molar-refractivity contribution in [3.8, 4) is 28.8 Å². The lowest BCUT2D eigenvalue weighted by molar-refractivity contribution is 0.0912. The molecule has 1 amide bonds. The molecule has 0 aliphatic rings. The van der Waals surface area contributed by atoms with Crippen molar-refractivity contribution in [3.05, 3.63) is 66.0 Å². The van der Waals surface area contributed by atoms with Gasteiger partial charge in [-0.05, 0) is 42.2 Å². The lowest BCUT2D eigenvalue weighted by Gasteiger charge is -2.18. The second kappa shape index (κ2) is 11.7. The van der Waals surface area contributed by atoms with Gasteiger partial charge in [0.15, 0.2) is 0 Å². The summed E-state index contributed by atoms with van der Waals surface area (Å²) >= 11 is 0. The average molecular weight is 505 g/mol. The molecule has 37 heavy (non-hydrogen) atoms. The van der Waals surface area contributed by atoms with Gasteiger partial charge in [-0.1, -0.05) is 31.2 Å². The molecule has 0 saturated carbocycles. The Balaban J connectivity index is 1.64. The van der Waals surface area contributed by atoms with Gasteiger partial charge in [-0.3, -0.25) is 4.79 Å². The van der Waals surface area contributed by atoms with Crippen LogP contribution in [0.5, 0.6) is 17.6 Å². The van der Waals surface area contributed by atoms with Gasteiger partial charge in [0.05, 0.1) is 44.6 Å². The number of fused-ring (bicyclic) bond motifs is 1. The minimum Gasteiger partial charge on any atom is -0.493 e. The number of carbonyl (C=O) groups is 1. The summed E-state index contributed by atoms with van der Waals surface area (Å²) < 4.78 is 18.4. The normalized spacial score (nSPS) is 11.8. The first kappa shape index (κ1) is 26.0. The van der Waals surface area contributed by atoms with Crippen LogP contribution in [0.4, 0.5) is 0 Å². The summed E-state index contributed by atoms with van der Waals surface area (Å²) in [6, 6.07) is 13.1. The van der Waals surface area contributed by atoms with Crippen LogP contribution in [0.15, 0.2) is 54.9 Å². The van der Waals surface area contributed by atoms with Gasteiger partial charge in [0.1, 0.15) is 5.75 Å². The highest BCUT2D eigenvalue weighted by Crippen LogP contribution is 2.32. The number of nitrogens with zero attached hydrogens (tertiary/aromatic N) is 3. The van der Waals surface area contributed by atoms with Gasteiger partial charge in [-0.25, -0.2) is 4.98 Å². The van der Waals surface area contributed by atoms with Gasteiger partial charge in [-0.15, -0.1) is 0 Å².